The summed E-state index contributed by atoms with van der Waals surface area (Å²) in [6.45, 7) is 1.86. The number of carbonyl (C=O) groups excluding carboxylic acids is 1. The summed E-state index contributed by atoms with van der Waals surface area (Å²) in [4.78, 5) is 15.7. The zero-order valence-corrected chi connectivity index (χ0v) is 9.99. The predicted octanol–water partition coefficient (Wildman–Crippen LogP) is 1.11. The van der Waals surface area contributed by atoms with Crippen molar-refractivity contribution in [1.82, 2.24) is 4.98 Å². The quantitative estimate of drug-likeness (QED) is 0.766. The lowest BCUT2D eigenvalue weighted by Crippen LogP contribution is -2.26. The Kier molecular flexibility index (Phi) is 3.02. The maximum absolute atomic E-state index is 11.4. The van der Waals surface area contributed by atoms with Crippen LogP contribution in [0.2, 0.25) is 0 Å². The second-order valence-electron chi connectivity index (χ2n) is 4.38. The number of pyridine rings is 1. The fraction of sp³-hybridized carbons (Fsp3) is 0.500. The van der Waals surface area contributed by atoms with Gasteiger partial charge in [0.15, 0.2) is 0 Å². The van der Waals surface area contributed by atoms with Crippen LogP contribution in [0, 0.1) is 6.92 Å². The van der Waals surface area contributed by atoms with Crippen LogP contribution in [-0.4, -0.2) is 35.3 Å². The number of aliphatic hydroxyl groups is 1. The summed E-state index contributed by atoms with van der Waals surface area (Å²) in [5.74, 6) is 0.298. The Bertz CT molecular complexity index is 441. The number of methoxy groups -OCH3 is 1. The molecule has 0 bridgehead atoms. The van der Waals surface area contributed by atoms with Crippen LogP contribution < -0.4 is 5.32 Å². The summed E-state index contributed by atoms with van der Waals surface area (Å²) < 4.78 is 4.65. The Balaban J connectivity index is 2.16. The van der Waals surface area contributed by atoms with E-state index in [4.69, 9.17) is 0 Å². The number of carbonyl (C=O) groups is 1. The molecule has 0 saturated heterocycles. The number of aromatic nitrogens is 1. The van der Waals surface area contributed by atoms with Crippen LogP contribution in [0.25, 0.3) is 0 Å². The minimum absolute atomic E-state index is 0.104. The van der Waals surface area contributed by atoms with Gasteiger partial charge in [-0.3, -0.25) is 0 Å². The fourth-order valence-electron chi connectivity index (χ4n) is 1.70. The summed E-state index contributed by atoms with van der Waals surface area (Å²) in [6.07, 6.45) is 1.89. The van der Waals surface area contributed by atoms with Crippen LogP contribution in [0.3, 0.4) is 0 Å². The number of aryl methyl sites for hydroxylation is 1. The highest BCUT2D eigenvalue weighted by Crippen LogP contribution is 2.37. The van der Waals surface area contributed by atoms with Crippen molar-refractivity contribution in [2.24, 2.45) is 0 Å². The number of ether oxygens (including phenoxy) is 1. The second kappa shape index (κ2) is 4.33. The molecule has 5 heteroatoms. The van der Waals surface area contributed by atoms with Crippen molar-refractivity contribution < 1.29 is 14.6 Å². The third-order valence-corrected chi connectivity index (χ3v) is 3.04. The van der Waals surface area contributed by atoms with Crippen molar-refractivity contribution in [1.29, 1.82) is 0 Å². The van der Waals surface area contributed by atoms with E-state index in [1.54, 1.807) is 19.1 Å². The SMILES string of the molecule is COC(=O)c1ccc(NC2(CO)CC2)nc1C. The molecule has 0 spiro atoms. The molecule has 17 heavy (non-hydrogen) atoms. The number of esters is 1. The zero-order chi connectivity index (χ0) is 12.5. The molecular formula is C12H16N2O3. The van der Waals surface area contributed by atoms with Gasteiger partial charge in [-0.1, -0.05) is 0 Å². The average molecular weight is 236 g/mol. The van der Waals surface area contributed by atoms with Gasteiger partial charge in [0.1, 0.15) is 5.82 Å². The lowest BCUT2D eigenvalue weighted by molar-refractivity contribution is 0.0599. The molecule has 0 atom stereocenters. The second-order valence-corrected chi connectivity index (χ2v) is 4.38. The topological polar surface area (TPSA) is 71.5 Å². The smallest absolute Gasteiger partial charge is 0.339 e. The Labute approximate surface area is 99.8 Å². The van der Waals surface area contributed by atoms with Crippen molar-refractivity contribution in [3.05, 3.63) is 23.4 Å². The summed E-state index contributed by atoms with van der Waals surface area (Å²) in [6, 6.07) is 3.42. The molecule has 1 heterocycles. The number of hydrogen-bond acceptors (Lipinski definition) is 5. The van der Waals surface area contributed by atoms with E-state index in [-0.39, 0.29) is 18.1 Å². The first kappa shape index (κ1) is 11.9. The molecule has 0 amide bonds. The first-order valence-corrected chi connectivity index (χ1v) is 5.55. The fourth-order valence-corrected chi connectivity index (χ4v) is 1.70. The van der Waals surface area contributed by atoms with Crippen LogP contribution in [0.4, 0.5) is 5.82 Å². The van der Waals surface area contributed by atoms with E-state index in [0.717, 1.165) is 12.8 Å². The van der Waals surface area contributed by atoms with Crippen molar-refractivity contribution >= 4 is 11.8 Å². The molecule has 1 aliphatic rings. The molecule has 1 aromatic heterocycles. The molecule has 2 N–H and O–H groups in total. The van der Waals surface area contributed by atoms with Crippen LogP contribution in [0.15, 0.2) is 12.1 Å². The number of nitrogens with one attached hydrogen (secondary N) is 1. The van der Waals surface area contributed by atoms with Gasteiger partial charge < -0.3 is 15.2 Å². The third kappa shape index (κ3) is 2.39. The molecule has 1 saturated carbocycles. The molecule has 0 radical (unpaired) electrons. The van der Waals surface area contributed by atoms with E-state index in [1.165, 1.54) is 7.11 Å². The van der Waals surface area contributed by atoms with Crippen LogP contribution >= 0.6 is 0 Å². The average Bonchev–Trinajstić information content (AvgIpc) is 3.09. The highest BCUT2D eigenvalue weighted by atomic mass is 16.5. The highest BCUT2D eigenvalue weighted by molar-refractivity contribution is 5.90. The largest absolute Gasteiger partial charge is 0.465 e. The number of hydrogen-bond donors (Lipinski definition) is 2. The lowest BCUT2D eigenvalue weighted by atomic mass is 10.2. The van der Waals surface area contributed by atoms with E-state index < -0.39 is 0 Å². The van der Waals surface area contributed by atoms with E-state index >= 15 is 0 Å². The van der Waals surface area contributed by atoms with Crippen LogP contribution in [-0.2, 0) is 4.74 Å². The van der Waals surface area contributed by atoms with Gasteiger partial charge in [0.25, 0.3) is 0 Å². The molecular weight excluding hydrogens is 220 g/mol. The first-order valence-electron chi connectivity index (χ1n) is 5.55. The zero-order valence-electron chi connectivity index (χ0n) is 9.99. The van der Waals surface area contributed by atoms with Gasteiger partial charge in [0.05, 0.1) is 30.5 Å². The molecule has 1 fully saturated rings. The minimum Gasteiger partial charge on any atom is -0.465 e. The highest BCUT2D eigenvalue weighted by Gasteiger charge is 2.42. The Hall–Kier alpha value is -1.62. The van der Waals surface area contributed by atoms with Gasteiger partial charge in [-0.05, 0) is 31.9 Å². The Morgan fingerprint density at radius 1 is 1.59 bits per heavy atom. The van der Waals surface area contributed by atoms with Crippen molar-refractivity contribution in [2.45, 2.75) is 25.3 Å². The van der Waals surface area contributed by atoms with E-state index in [0.29, 0.717) is 17.1 Å². The van der Waals surface area contributed by atoms with Gasteiger partial charge >= 0.3 is 5.97 Å². The number of anilines is 1. The molecule has 0 aliphatic heterocycles. The number of nitrogens with zero attached hydrogens (tertiary/aromatic N) is 1. The van der Waals surface area contributed by atoms with Gasteiger partial charge in [0, 0.05) is 0 Å². The molecule has 2 rings (SSSR count). The molecule has 5 nitrogen and oxygen atoms in total. The predicted molar refractivity (Wildman–Crippen MR) is 63.0 cm³/mol. The van der Waals surface area contributed by atoms with Crippen molar-refractivity contribution in [2.75, 3.05) is 19.0 Å². The lowest BCUT2D eigenvalue weighted by Gasteiger charge is -2.15. The normalized spacial score (nSPS) is 16.4. The maximum atomic E-state index is 11.4. The van der Waals surface area contributed by atoms with Crippen molar-refractivity contribution in [3.8, 4) is 0 Å². The third-order valence-electron chi connectivity index (χ3n) is 3.04. The Morgan fingerprint density at radius 2 is 2.29 bits per heavy atom. The first-order chi connectivity index (χ1) is 8.10. The van der Waals surface area contributed by atoms with Gasteiger partial charge in [-0.2, -0.15) is 0 Å². The summed E-state index contributed by atoms with van der Waals surface area (Å²) in [5, 5.41) is 12.4. The standard InChI is InChI=1S/C12H16N2O3/c1-8-9(11(16)17-2)3-4-10(13-8)14-12(7-15)5-6-12/h3-4,15H,5-7H2,1-2H3,(H,13,14). The molecule has 1 aromatic rings. The summed E-state index contributed by atoms with van der Waals surface area (Å²) in [5.41, 5.74) is 0.883. The molecule has 92 valence electrons. The van der Waals surface area contributed by atoms with E-state index in [2.05, 4.69) is 15.0 Å². The molecule has 1 aliphatic carbocycles. The molecule has 0 unspecified atom stereocenters. The Morgan fingerprint density at radius 3 is 2.76 bits per heavy atom. The summed E-state index contributed by atoms with van der Waals surface area (Å²) in [7, 11) is 1.35. The van der Waals surface area contributed by atoms with Gasteiger partial charge in [0.2, 0.25) is 0 Å². The monoisotopic (exact) mass is 236 g/mol. The molecule has 0 aromatic carbocycles. The number of rotatable bonds is 4. The van der Waals surface area contributed by atoms with Crippen LogP contribution in [0.1, 0.15) is 28.9 Å². The maximum Gasteiger partial charge on any atom is 0.339 e. The summed E-state index contributed by atoms with van der Waals surface area (Å²) >= 11 is 0. The minimum atomic E-state index is -0.384. The van der Waals surface area contributed by atoms with Crippen LogP contribution in [0.5, 0.6) is 0 Å². The number of aliphatic hydroxyl groups excluding tert-OH is 1. The van der Waals surface area contributed by atoms with Crippen molar-refractivity contribution in [3.63, 3.8) is 0 Å². The van der Waals surface area contributed by atoms with Gasteiger partial charge in [-0.25, -0.2) is 9.78 Å². The van der Waals surface area contributed by atoms with Gasteiger partial charge in [-0.15, -0.1) is 0 Å². The van der Waals surface area contributed by atoms with E-state index in [1.807, 2.05) is 0 Å². The van der Waals surface area contributed by atoms with E-state index in [9.17, 15) is 9.90 Å².